The molecule has 0 aliphatic rings. The number of halogens is 2. The second-order valence-corrected chi connectivity index (χ2v) is 7.57. The molecular formula is C16H13Cl2NO6S. The summed E-state index contributed by atoms with van der Waals surface area (Å²) in [5.74, 6) is -1.49. The lowest BCUT2D eigenvalue weighted by Crippen LogP contribution is -2.14. The number of ether oxygens (including phenoxy) is 1. The Labute approximate surface area is 159 Å². The number of carbonyl (C=O) groups excluding carboxylic acids is 1. The minimum atomic E-state index is -4.10. The summed E-state index contributed by atoms with van der Waals surface area (Å²) in [6, 6.07) is 6.44. The van der Waals surface area contributed by atoms with Crippen molar-refractivity contribution in [2.75, 3.05) is 6.61 Å². The van der Waals surface area contributed by atoms with Gasteiger partial charge in [0.2, 0.25) is 10.0 Å². The van der Waals surface area contributed by atoms with Crippen molar-refractivity contribution in [2.45, 2.75) is 11.8 Å². The van der Waals surface area contributed by atoms with E-state index < -0.39 is 28.4 Å². The molecule has 26 heavy (non-hydrogen) atoms. The van der Waals surface area contributed by atoms with Crippen LogP contribution in [0.5, 0.6) is 5.75 Å². The Hall–Kier alpha value is -2.13. The molecule has 0 saturated heterocycles. The van der Waals surface area contributed by atoms with E-state index >= 15 is 0 Å². The summed E-state index contributed by atoms with van der Waals surface area (Å²) in [5, 5.41) is 13.7. The molecule has 2 aromatic carbocycles. The first kappa shape index (κ1) is 20.2. The Kier molecular flexibility index (Phi) is 5.92. The topological polar surface area (TPSA) is 124 Å². The fraction of sp³-hybridized carbons (Fsp3) is 0.125. The molecule has 10 heteroatoms. The van der Waals surface area contributed by atoms with Crippen LogP contribution in [0.4, 0.5) is 0 Å². The molecule has 0 amide bonds. The van der Waals surface area contributed by atoms with Gasteiger partial charge in [-0.25, -0.2) is 18.4 Å². The lowest BCUT2D eigenvalue weighted by Gasteiger charge is -2.12. The van der Waals surface area contributed by atoms with Gasteiger partial charge < -0.3 is 9.84 Å². The first-order valence-electron chi connectivity index (χ1n) is 7.03. The van der Waals surface area contributed by atoms with Gasteiger partial charge in [-0.15, -0.1) is 0 Å². The van der Waals surface area contributed by atoms with E-state index in [9.17, 15) is 18.0 Å². The van der Waals surface area contributed by atoms with E-state index in [4.69, 9.17) is 38.2 Å². The van der Waals surface area contributed by atoms with E-state index in [0.717, 1.165) is 6.07 Å². The molecular weight excluding hydrogens is 405 g/mol. The van der Waals surface area contributed by atoms with Crippen LogP contribution in [0.15, 0.2) is 35.2 Å². The van der Waals surface area contributed by atoms with Gasteiger partial charge in [0.25, 0.3) is 0 Å². The molecule has 138 valence electrons. The van der Waals surface area contributed by atoms with E-state index in [1.54, 1.807) is 6.92 Å². The first-order valence-corrected chi connectivity index (χ1v) is 9.33. The quantitative estimate of drug-likeness (QED) is 0.696. The van der Waals surface area contributed by atoms with Gasteiger partial charge in [0.15, 0.2) is 12.4 Å². The maximum Gasteiger partial charge on any atom is 0.341 e. The van der Waals surface area contributed by atoms with Crippen molar-refractivity contribution in [3.8, 4) is 5.75 Å². The van der Waals surface area contributed by atoms with Gasteiger partial charge in [-0.05, 0) is 37.3 Å². The maximum atomic E-state index is 12.7. The predicted molar refractivity (Wildman–Crippen MR) is 95.6 cm³/mol. The molecule has 0 aliphatic carbocycles. The summed E-state index contributed by atoms with van der Waals surface area (Å²) in [6.07, 6.45) is 0. The lowest BCUT2D eigenvalue weighted by molar-refractivity contribution is -0.139. The van der Waals surface area contributed by atoms with Crippen molar-refractivity contribution in [1.82, 2.24) is 0 Å². The molecule has 0 atom stereocenters. The van der Waals surface area contributed by atoms with Gasteiger partial charge in [-0.1, -0.05) is 23.2 Å². The fourth-order valence-corrected chi connectivity index (χ4v) is 3.47. The zero-order valence-electron chi connectivity index (χ0n) is 13.3. The third kappa shape index (κ3) is 4.34. The third-order valence-electron chi connectivity index (χ3n) is 3.43. The number of ketones is 1. The molecule has 2 aromatic rings. The van der Waals surface area contributed by atoms with Crippen LogP contribution in [0, 0.1) is 6.92 Å². The number of carboxylic acid groups (broad SMARTS) is 1. The highest BCUT2D eigenvalue weighted by Crippen LogP contribution is 2.31. The minimum absolute atomic E-state index is 0.0268. The van der Waals surface area contributed by atoms with Gasteiger partial charge in [0.05, 0.1) is 10.0 Å². The number of hydrogen-bond acceptors (Lipinski definition) is 5. The maximum absolute atomic E-state index is 12.7. The minimum Gasteiger partial charge on any atom is -0.482 e. The van der Waals surface area contributed by atoms with Crippen molar-refractivity contribution in [2.24, 2.45) is 5.14 Å². The van der Waals surface area contributed by atoms with Gasteiger partial charge in [-0.3, -0.25) is 4.79 Å². The highest BCUT2D eigenvalue weighted by Gasteiger charge is 2.20. The van der Waals surface area contributed by atoms with E-state index in [-0.39, 0.29) is 31.8 Å². The standard InChI is InChI=1S/C16H13Cl2NO6S/c1-8-12(25-7-14(20)21)5-3-10(15(8)18)16(22)9-2-4-11(17)13(6-9)26(19,23)24/h2-6H,7H2,1H3,(H,20,21)(H2,19,23,24). The highest BCUT2D eigenvalue weighted by molar-refractivity contribution is 7.89. The number of nitrogens with two attached hydrogens (primary N) is 1. The third-order valence-corrected chi connectivity index (χ3v) is 5.31. The summed E-state index contributed by atoms with van der Waals surface area (Å²) in [5.41, 5.74) is 0.493. The number of carboxylic acids is 1. The van der Waals surface area contributed by atoms with Crippen molar-refractivity contribution < 1.29 is 27.9 Å². The second kappa shape index (κ2) is 7.63. The summed E-state index contributed by atoms with van der Waals surface area (Å²) in [6.45, 7) is 1.01. The Bertz CT molecular complexity index is 1000. The molecule has 0 aliphatic heterocycles. The van der Waals surface area contributed by atoms with Crippen LogP contribution >= 0.6 is 23.2 Å². The lowest BCUT2D eigenvalue weighted by atomic mass is 10.0. The summed E-state index contributed by atoms with van der Waals surface area (Å²) in [7, 11) is -4.10. The largest absolute Gasteiger partial charge is 0.482 e. The number of rotatable bonds is 6. The summed E-state index contributed by atoms with van der Waals surface area (Å²) in [4.78, 5) is 22.9. The number of primary sulfonamides is 1. The second-order valence-electron chi connectivity index (χ2n) is 5.25. The highest BCUT2D eigenvalue weighted by atomic mass is 35.5. The van der Waals surface area contributed by atoms with Crippen LogP contribution in [-0.4, -0.2) is 31.9 Å². The fourth-order valence-electron chi connectivity index (χ4n) is 2.16. The number of sulfonamides is 1. The first-order chi connectivity index (χ1) is 12.0. The van der Waals surface area contributed by atoms with Gasteiger partial charge in [-0.2, -0.15) is 0 Å². The van der Waals surface area contributed by atoms with Crippen LogP contribution in [0.25, 0.3) is 0 Å². The van der Waals surface area contributed by atoms with Crippen LogP contribution in [0.3, 0.4) is 0 Å². The molecule has 0 fully saturated rings. The average Bonchev–Trinajstić information content (AvgIpc) is 2.55. The van der Waals surface area contributed by atoms with E-state index in [0.29, 0.717) is 5.56 Å². The monoisotopic (exact) mass is 417 g/mol. The molecule has 3 N–H and O–H groups in total. The zero-order chi connectivity index (χ0) is 19.6. The normalized spacial score (nSPS) is 11.2. The molecule has 2 rings (SSSR count). The van der Waals surface area contributed by atoms with Gasteiger partial charge >= 0.3 is 5.97 Å². The van der Waals surface area contributed by atoms with Crippen LogP contribution in [-0.2, 0) is 14.8 Å². The number of hydrogen-bond donors (Lipinski definition) is 2. The SMILES string of the molecule is Cc1c(OCC(=O)O)ccc(C(=O)c2ccc(Cl)c(S(N)(=O)=O)c2)c1Cl. The smallest absolute Gasteiger partial charge is 0.341 e. The number of aliphatic carboxylic acids is 1. The van der Waals surface area contributed by atoms with Crippen LogP contribution in [0.1, 0.15) is 21.5 Å². The molecule has 0 heterocycles. The average molecular weight is 418 g/mol. The molecule has 0 bridgehead atoms. The predicted octanol–water partition coefficient (Wildman–Crippen LogP) is 2.64. The molecule has 0 saturated carbocycles. The van der Waals surface area contributed by atoms with E-state index in [1.165, 1.54) is 24.3 Å². The number of carbonyl (C=O) groups is 2. The zero-order valence-corrected chi connectivity index (χ0v) is 15.7. The molecule has 0 radical (unpaired) electrons. The molecule has 0 aromatic heterocycles. The molecule has 0 unspecified atom stereocenters. The summed E-state index contributed by atoms with van der Waals surface area (Å²) >= 11 is 12.0. The van der Waals surface area contributed by atoms with Crippen molar-refractivity contribution in [3.05, 3.63) is 57.1 Å². The summed E-state index contributed by atoms with van der Waals surface area (Å²) < 4.78 is 28.2. The molecule has 7 nitrogen and oxygen atoms in total. The van der Waals surface area contributed by atoms with Gasteiger partial charge in [0, 0.05) is 16.7 Å². The Morgan fingerprint density at radius 2 is 1.85 bits per heavy atom. The van der Waals surface area contributed by atoms with Crippen molar-refractivity contribution in [1.29, 1.82) is 0 Å². The van der Waals surface area contributed by atoms with Crippen molar-refractivity contribution in [3.63, 3.8) is 0 Å². The Morgan fingerprint density at radius 3 is 2.42 bits per heavy atom. The van der Waals surface area contributed by atoms with Gasteiger partial charge in [0.1, 0.15) is 10.6 Å². The van der Waals surface area contributed by atoms with E-state index in [2.05, 4.69) is 0 Å². The van der Waals surface area contributed by atoms with E-state index in [1.807, 2.05) is 0 Å². The Morgan fingerprint density at radius 1 is 1.19 bits per heavy atom. The van der Waals surface area contributed by atoms with Crippen LogP contribution < -0.4 is 9.88 Å². The number of benzene rings is 2. The Balaban J connectivity index is 2.45. The van der Waals surface area contributed by atoms with Crippen molar-refractivity contribution >= 4 is 45.0 Å². The van der Waals surface area contributed by atoms with Crippen LogP contribution in [0.2, 0.25) is 10.0 Å². The molecule has 0 spiro atoms.